The Balaban J connectivity index is 1.44. The van der Waals surface area contributed by atoms with Gasteiger partial charge in [0.15, 0.2) is 5.58 Å². The van der Waals surface area contributed by atoms with Gasteiger partial charge in [-0.05, 0) is 60.5 Å². The topological polar surface area (TPSA) is 98.3 Å². The number of fused-ring (bicyclic) bond motifs is 1. The number of hydrogen-bond acceptors (Lipinski definition) is 5. The highest BCUT2D eigenvalue weighted by Gasteiger charge is 2.09. The molecule has 0 atom stereocenters. The van der Waals surface area contributed by atoms with E-state index in [0.717, 1.165) is 22.2 Å². The molecular weight excluding hydrogens is 382 g/mol. The summed E-state index contributed by atoms with van der Waals surface area (Å²) < 4.78 is 5.79. The highest BCUT2D eigenvalue weighted by molar-refractivity contribution is 6.02. The summed E-state index contributed by atoms with van der Waals surface area (Å²) in [6, 6.07) is 19.0. The van der Waals surface area contributed by atoms with E-state index >= 15 is 0 Å². The molecule has 1 N–H and O–H groups in total. The van der Waals surface area contributed by atoms with Crippen molar-refractivity contribution in [1.29, 1.82) is 0 Å². The van der Waals surface area contributed by atoms with E-state index in [1.807, 2.05) is 37.3 Å². The molecule has 0 unspecified atom stereocenters. The summed E-state index contributed by atoms with van der Waals surface area (Å²) in [4.78, 5) is 27.0. The summed E-state index contributed by atoms with van der Waals surface area (Å²) in [7, 11) is 0. The molecule has 0 aliphatic heterocycles. The summed E-state index contributed by atoms with van der Waals surface area (Å²) in [6.45, 7) is 2.00. The molecule has 0 spiro atoms. The van der Waals surface area contributed by atoms with Crippen LogP contribution >= 0.6 is 0 Å². The van der Waals surface area contributed by atoms with Gasteiger partial charge in [0.1, 0.15) is 5.52 Å². The van der Waals surface area contributed by atoms with Gasteiger partial charge >= 0.3 is 0 Å². The lowest BCUT2D eigenvalue weighted by Crippen LogP contribution is -2.07. The van der Waals surface area contributed by atoms with Gasteiger partial charge in [-0.15, -0.1) is 0 Å². The van der Waals surface area contributed by atoms with Gasteiger partial charge in [-0.1, -0.05) is 18.2 Å². The van der Waals surface area contributed by atoms with Crippen molar-refractivity contribution in [2.24, 2.45) is 0 Å². The largest absolute Gasteiger partial charge is 0.436 e. The molecule has 30 heavy (non-hydrogen) atoms. The van der Waals surface area contributed by atoms with E-state index in [4.69, 9.17) is 4.42 Å². The van der Waals surface area contributed by atoms with E-state index in [1.54, 1.807) is 24.3 Å². The molecule has 0 saturated heterocycles. The molecule has 1 amide bonds. The minimum Gasteiger partial charge on any atom is -0.436 e. The predicted octanol–water partition coefficient (Wildman–Crippen LogP) is 5.36. The van der Waals surface area contributed by atoms with E-state index in [2.05, 4.69) is 10.3 Å². The van der Waals surface area contributed by atoms with Crippen LogP contribution in [-0.2, 0) is 4.79 Å². The maximum Gasteiger partial charge on any atom is 0.270 e. The van der Waals surface area contributed by atoms with Crippen LogP contribution in [0.15, 0.2) is 77.2 Å². The fourth-order valence-corrected chi connectivity index (χ4v) is 2.95. The number of carbonyl (C=O) groups excluding carboxylic acids is 1. The van der Waals surface area contributed by atoms with Crippen molar-refractivity contribution in [3.05, 3.63) is 94.0 Å². The molecule has 7 heteroatoms. The molecule has 0 aliphatic carbocycles. The molecule has 148 valence electrons. The Kier molecular flexibility index (Phi) is 5.09. The van der Waals surface area contributed by atoms with Crippen molar-refractivity contribution in [2.45, 2.75) is 6.92 Å². The minimum absolute atomic E-state index is 0.0255. The Hall–Kier alpha value is -4.26. The lowest BCUT2D eigenvalue weighted by molar-refractivity contribution is -0.384. The lowest BCUT2D eigenvalue weighted by Gasteiger charge is -2.03. The van der Waals surface area contributed by atoms with Gasteiger partial charge in [-0.3, -0.25) is 14.9 Å². The molecule has 0 saturated carbocycles. The molecule has 3 aromatic carbocycles. The molecule has 0 fully saturated rings. The number of oxazole rings is 1. The van der Waals surface area contributed by atoms with Gasteiger partial charge in [0.25, 0.3) is 5.69 Å². The monoisotopic (exact) mass is 399 g/mol. The Morgan fingerprint density at radius 2 is 1.90 bits per heavy atom. The van der Waals surface area contributed by atoms with Crippen LogP contribution in [0.25, 0.3) is 28.6 Å². The Morgan fingerprint density at radius 1 is 1.10 bits per heavy atom. The number of nitro groups is 1. The summed E-state index contributed by atoms with van der Waals surface area (Å²) in [6.07, 6.45) is 2.85. The molecule has 4 rings (SSSR count). The molecule has 7 nitrogen and oxygen atoms in total. The Morgan fingerprint density at radius 3 is 2.67 bits per heavy atom. The maximum atomic E-state index is 12.1. The highest BCUT2D eigenvalue weighted by Crippen LogP contribution is 2.26. The normalized spacial score (nSPS) is 11.1. The molecule has 0 radical (unpaired) electrons. The van der Waals surface area contributed by atoms with Crippen LogP contribution in [0, 0.1) is 17.0 Å². The number of aryl methyl sites for hydroxylation is 1. The van der Waals surface area contributed by atoms with Crippen molar-refractivity contribution in [2.75, 3.05) is 5.32 Å². The van der Waals surface area contributed by atoms with Crippen LogP contribution in [0.3, 0.4) is 0 Å². The molecule has 4 aromatic rings. The van der Waals surface area contributed by atoms with Gasteiger partial charge in [0, 0.05) is 29.5 Å². The smallest absolute Gasteiger partial charge is 0.270 e. The first-order valence-corrected chi connectivity index (χ1v) is 9.19. The molecule has 1 aromatic heterocycles. The van der Waals surface area contributed by atoms with Crippen molar-refractivity contribution in [1.82, 2.24) is 4.98 Å². The summed E-state index contributed by atoms with van der Waals surface area (Å²) in [5.41, 5.74) is 4.59. The first-order valence-electron chi connectivity index (χ1n) is 9.19. The average Bonchev–Trinajstić information content (AvgIpc) is 3.16. The summed E-state index contributed by atoms with van der Waals surface area (Å²) in [5.74, 6) is 0.172. The zero-order valence-corrected chi connectivity index (χ0v) is 16.0. The zero-order valence-electron chi connectivity index (χ0n) is 16.0. The first-order chi connectivity index (χ1) is 14.5. The minimum atomic E-state index is -0.475. The van der Waals surface area contributed by atoms with Gasteiger partial charge in [0.05, 0.1) is 4.92 Å². The molecule has 0 bridgehead atoms. The van der Waals surface area contributed by atoms with Gasteiger partial charge in [-0.25, -0.2) is 4.98 Å². The van der Waals surface area contributed by atoms with Crippen LogP contribution in [-0.4, -0.2) is 15.8 Å². The van der Waals surface area contributed by atoms with Crippen molar-refractivity contribution in [3.8, 4) is 11.5 Å². The van der Waals surface area contributed by atoms with Crippen LogP contribution in [0.1, 0.15) is 11.1 Å². The number of carbonyl (C=O) groups is 1. The number of nitro benzene ring substituents is 1. The third-order valence-corrected chi connectivity index (χ3v) is 4.45. The van der Waals surface area contributed by atoms with E-state index in [9.17, 15) is 14.9 Å². The Labute approximate surface area is 171 Å². The molecular formula is C23H17N3O4. The molecule has 0 aliphatic rings. The quantitative estimate of drug-likeness (QED) is 0.277. The van der Waals surface area contributed by atoms with Crippen molar-refractivity contribution >= 4 is 34.5 Å². The number of rotatable bonds is 5. The van der Waals surface area contributed by atoms with Crippen LogP contribution in [0.4, 0.5) is 11.4 Å². The number of hydrogen-bond donors (Lipinski definition) is 1. The second kappa shape index (κ2) is 8.00. The van der Waals surface area contributed by atoms with Crippen molar-refractivity contribution in [3.63, 3.8) is 0 Å². The van der Waals surface area contributed by atoms with Gasteiger partial charge < -0.3 is 9.73 Å². The fourth-order valence-electron chi connectivity index (χ4n) is 2.95. The van der Waals surface area contributed by atoms with Crippen LogP contribution < -0.4 is 5.32 Å². The number of amides is 1. The third-order valence-electron chi connectivity index (χ3n) is 4.45. The van der Waals surface area contributed by atoms with E-state index in [-0.39, 0.29) is 11.6 Å². The van der Waals surface area contributed by atoms with Crippen LogP contribution in [0.5, 0.6) is 0 Å². The van der Waals surface area contributed by atoms with Gasteiger partial charge in [0.2, 0.25) is 11.8 Å². The predicted molar refractivity (Wildman–Crippen MR) is 115 cm³/mol. The highest BCUT2D eigenvalue weighted by atomic mass is 16.6. The third kappa shape index (κ3) is 4.25. The number of non-ortho nitro benzene ring substituents is 1. The standard InChI is InChI=1S/C23H17N3O4/c1-15-5-11-21-20(13-15)25-23(30-21)17-7-9-18(10-8-17)24-22(27)12-6-16-3-2-4-19(14-16)26(28)29/h2-14H,1H3,(H,24,27). The fraction of sp³-hybridized carbons (Fsp3) is 0.0435. The van der Waals surface area contributed by atoms with E-state index < -0.39 is 4.92 Å². The number of nitrogens with one attached hydrogen (secondary N) is 1. The summed E-state index contributed by atoms with van der Waals surface area (Å²) >= 11 is 0. The zero-order chi connectivity index (χ0) is 21.1. The second-order valence-corrected chi connectivity index (χ2v) is 6.74. The first kappa shape index (κ1) is 19.1. The van der Waals surface area contributed by atoms with E-state index in [1.165, 1.54) is 24.3 Å². The van der Waals surface area contributed by atoms with E-state index in [0.29, 0.717) is 17.1 Å². The number of anilines is 1. The number of benzene rings is 3. The maximum absolute atomic E-state index is 12.1. The average molecular weight is 399 g/mol. The van der Waals surface area contributed by atoms with Gasteiger partial charge in [-0.2, -0.15) is 0 Å². The van der Waals surface area contributed by atoms with Crippen molar-refractivity contribution < 1.29 is 14.1 Å². The number of aromatic nitrogens is 1. The lowest BCUT2D eigenvalue weighted by atomic mass is 10.2. The van der Waals surface area contributed by atoms with Crippen LogP contribution in [0.2, 0.25) is 0 Å². The number of nitrogens with zero attached hydrogens (tertiary/aromatic N) is 2. The molecule has 1 heterocycles. The Bertz CT molecular complexity index is 1270. The second-order valence-electron chi connectivity index (χ2n) is 6.74. The SMILES string of the molecule is Cc1ccc2oc(-c3ccc(NC(=O)C=Cc4cccc([N+](=O)[O-])c4)cc3)nc2c1. The summed E-state index contributed by atoms with van der Waals surface area (Å²) in [5, 5.41) is 13.6.